The van der Waals surface area contributed by atoms with Crippen molar-refractivity contribution in [2.75, 3.05) is 25.1 Å². The summed E-state index contributed by atoms with van der Waals surface area (Å²) in [7, 11) is 1.91. The van der Waals surface area contributed by atoms with Crippen LogP contribution >= 0.6 is 0 Å². The van der Waals surface area contributed by atoms with E-state index in [-0.39, 0.29) is 6.10 Å². The van der Waals surface area contributed by atoms with E-state index < -0.39 is 0 Å². The van der Waals surface area contributed by atoms with Gasteiger partial charge in [0, 0.05) is 13.1 Å². The van der Waals surface area contributed by atoms with Crippen molar-refractivity contribution in [3.63, 3.8) is 0 Å². The van der Waals surface area contributed by atoms with Crippen LogP contribution in [0.25, 0.3) is 0 Å². The average Bonchev–Trinajstić information content (AvgIpc) is 2.40. The Hall–Kier alpha value is -1.20. The van der Waals surface area contributed by atoms with Gasteiger partial charge >= 0.3 is 0 Å². The highest BCUT2D eigenvalue weighted by Crippen LogP contribution is 2.20. The minimum absolute atomic E-state index is 0.256. The fourth-order valence-corrected chi connectivity index (χ4v) is 2.24. The Labute approximate surface area is 109 Å². The zero-order valence-electron chi connectivity index (χ0n) is 11.4. The molecule has 0 aliphatic carbocycles. The Morgan fingerprint density at radius 1 is 1.44 bits per heavy atom. The molecule has 1 aliphatic rings. The molecule has 1 saturated heterocycles. The first-order chi connectivity index (χ1) is 8.74. The summed E-state index contributed by atoms with van der Waals surface area (Å²) in [5.74, 6) is 0.955. The third kappa shape index (κ3) is 2.97. The molecule has 1 N–H and O–H groups in total. The predicted molar refractivity (Wildman–Crippen MR) is 71.6 cm³/mol. The largest absolute Gasteiger partial charge is 0.375 e. The molecule has 2 unspecified atom stereocenters. The van der Waals surface area contributed by atoms with Crippen molar-refractivity contribution in [3.8, 4) is 0 Å². The lowest BCUT2D eigenvalue weighted by molar-refractivity contribution is 0.0295. The fraction of sp³-hybridized carbons (Fsp3) is 0.692. The lowest BCUT2D eigenvalue weighted by atomic mass is 10.1. The molecular weight excluding hydrogens is 228 g/mol. The van der Waals surface area contributed by atoms with E-state index in [2.05, 4.69) is 40.3 Å². The molecule has 0 spiro atoms. The number of aromatic nitrogens is 2. The number of anilines is 1. The van der Waals surface area contributed by atoms with Crippen LogP contribution in [0.5, 0.6) is 0 Å². The second-order valence-corrected chi connectivity index (χ2v) is 4.77. The van der Waals surface area contributed by atoms with E-state index >= 15 is 0 Å². The number of hydrogen-bond donors (Lipinski definition) is 1. The summed E-state index contributed by atoms with van der Waals surface area (Å²) in [6, 6.07) is 4.50. The second-order valence-electron chi connectivity index (χ2n) is 4.77. The molecule has 0 saturated carbocycles. The van der Waals surface area contributed by atoms with Gasteiger partial charge in [0.2, 0.25) is 0 Å². The highest BCUT2D eigenvalue weighted by Gasteiger charge is 2.26. The Kier molecular flexibility index (Phi) is 4.49. The number of hydrogen-bond acceptors (Lipinski definition) is 5. The van der Waals surface area contributed by atoms with E-state index in [0.29, 0.717) is 6.04 Å². The molecule has 5 nitrogen and oxygen atoms in total. The maximum atomic E-state index is 5.70. The minimum Gasteiger partial charge on any atom is -0.375 e. The standard InChI is InChI=1S/C13H22N4O/c1-4-12-9-18-10(2)8-17(12)13-6-5-11(7-14-3)15-16-13/h5-6,10,12,14H,4,7-9H2,1-3H3. The molecule has 2 rings (SSSR count). The van der Waals surface area contributed by atoms with Crippen molar-refractivity contribution < 1.29 is 4.74 Å². The summed E-state index contributed by atoms with van der Waals surface area (Å²) < 4.78 is 5.70. The van der Waals surface area contributed by atoms with E-state index in [9.17, 15) is 0 Å². The molecule has 1 fully saturated rings. The van der Waals surface area contributed by atoms with Crippen molar-refractivity contribution >= 4 is 5.82 Å². The van der Waals surface area contributed by atoms with Gasteiger partial charge in [-0.2, -0.15) is 5.10 Å². The van der Waals surface area contributed by atoms with Gasteiger partial charge in [-0.05, 0) is 32.5 Å². The van der Waals surface area contributed by atoms with E-state index in [4.69, 9.17) is 4.74 Å². The Morgan fingerprint density at radius 2 is 2.28 bits per heavy atom. The molecule has 18 heavy (non-hydrogen) atoms. The third-order valence-electron chi connectivity index (χ3n) is 3.30. The van der Waals surface area contributed by atoms with Crippen LogP contribution in [0.4, 0.5) is 5.82 Å². The number of rotatable bonds is 4. The molecule has 1 aromatic heterocycles. The Balaban J connectivity index is 2.12. The molecule has 100 valence electrons. The van der Waals surface area contributed by atoms with E-state index in [1.165, 1.54) is 0 Å². The van der Waals surface area contributed by atoms with Crippen molar-refractivity contribution in [1.29, 1.82) is 0 Å². The van der Waals surface area contributed by atoms with Crippen LogP contribution in [0.1, 0.15) is 26.0 Å². The van der Waals surface area contributed by atoms with Gasteiger partial charge in [-0.3, -0.25) is 0 Å². The molecule has 0 aromatic carbocycles. The summed E-state index contributed by atoms with van der Waals surface area (Å²) in [4.78, 5) is 2.31. The molecule has 0 bridgehead atoms. The van der Waals surface area contributed by atoms with Gasteiger partial charge in [0.1, 0.15) is 0 Å². The zero-order chi connectivity index (χ0) is 13.0. The number of morpholine rings is 1. The quantitative estimate of drug-likeness (QED) is 0.870. The molecule has 0 radical (unpaired) electrons. The smallest absolute Gasteiger partial charge is 0.151 e. The zero-order valence-corrected chi connectivity index (χ0v) is 11.4. The van der Waals surface area contributed by atoms with Crippen LogP contribution in [0, 0.1) is 0 Å². The summed E-state index contributed by atoms with van der Waals surface area (Å²) in [6.45, 7) is 6.70. The summed E-state index contributed by atoms with van der Waals surface area (Å²) in [6.07, 6.45) is 1.32. The van der Waals surface area contributed by atoms with Crippen molar-refractivity contribution in [3.05, 3.63) is 17.8 Å². The first-order valence-electron chi connectivity index (χ1n) is 6.60. The monoisotopic (exact) mass is 250 g/mol. The number of ether oxygens (including phenoxy) is 1. The van der Waals surface area contributed by atoms with Crippen LogP contribution in [0.15, 0.2) is 12.1 Å². The molecule has 2 atom stereocenters. The van der Waals surface area contributed by atoms with Crippen LogP contribution in [-0.2, 0) is 11.3 Å². The van der Waals surface area contributed by atoms with Gasteiger partial charge in [-0.1, -0.05) is 6.92 Å². The molecular formula is C13H22N4O. The van der Waals surface area contributed by atoms with Gasteiger partial charge in [0.15, 0.2) is 5.82 Å². The Bertz CT molecular complexity index is 368. The summed E-state index contributed by atoms with van der Waals surface area (Å²) in [5.41, 5.74) is 0.968. The van der Waals surface area contributed by atoms with E-state index in [1.54, 1.807) is 0 Å². The fourth-order valence-electron chi connectivity index (χ4n) is 2.24. The molecule has 1 aliphatic heterocycles. The molecule has 1 aromatic rings. The maximum Gasteiger partial charge on any atom is 0.151 e. The number of nitrogens with one attached hydrogen (secondary N) is 1. The highest BCUT2D eigenvalue weighted by molar-refractivity contribution is 5.39. The van der Waals surface area contributed by atoms with Gasteiger partial charge in [0.05, 0.1) is 24.4 Å². The molecule has 5 heteroatoms. The highest BCUT2D eigenvalue weighted by atomic mass is 16.5. The van der Waals surface area contributed by atoms with Gasteiger partial charge < -0.3 is 15.0 Å². The van der Waals surface area contributed by atoms with Gasteiger partial charge in [-0.15, -0.1) is 5.10 Å². The first kappa shape index (κ1) is 13.2. The maximum absolute atomic E-state index is 5.70. The Morgan fingerprint density at radius 3 is 2.89 bits per heavy atom. The van der Waals surface area contributed by atoms with Gasteiger partial charge in [-0.25, -0.2) is 0 Å². The predicted octanol–water partition coefficient (Wildman–Crippen LogP) is 1.20. The normalized spacial score (nSPS) is 24.3. The van der Waals surface area contributed by atoms with Crippen molar-refractivity contribution in [2.45, 2.75) is 39.0 Å². The average molecular weight is 250 g/mol. The summed E-state index contributed by atoms with van der Waals surface area (Å²) in [5, 5.41) is 11.7. The molecule has 2 heterocycles. The van der Waals surface area contributed by atoms with E-state index in [0.717, 1.165) is 37.6 Å². The second kappa shape index (κ2) is 6.11. The van der Waals surface area contributed by atoms with Crippen LogP contribution in [0.3, 0.4) is 0 Å². The summed E-state index contributed by atoms with van der Waals surface area (Å²) >= 11 is 0. The van der Waals surface area contributed by atoms with Crippen molar-refractivity contribution in [2.24, 2.45) is 0 Å². The topological polar surface area (TPSA) is 50.3 Å². The lowest BCUT2D eigenvalue weighted by Gasteiger charge is -2.38. The van der Waals surface area contributed by atoms with Crippen LogP contribution < -0.4 is 10.2 Å². The number of nitrogens with zero attached hydrogens (tertiary/aromatic N) is 3. The molecule has 0 amide bonds. The van der Waals surface area contributed by atoms with Crippen LogP contribution in [-0.4, -0.2) is 42.5 Å². The van der Waals surface area contributed by atoms with Gasteiger partial charge in [0.25, 0.3) is 0 Å². The third-order valence-corrected chi connectivity index (χ3v) is 3.30. The SMILES string of the molecule is CCC1COC(C)CN1c1ccc(CNC)nn1. The minimum atomic E-state index is 0.256. The first-order valence-corrected chi connectivity index (χ1v) is 6.60. The lowest BCUT2D eigenvalue weighted by Crippen LogP contribution is -2.49. The van der Waals surface area contributed by atoms with Crippen LogP contribution in [0.2, 0.25) is 0 Å². The van der Waals surface area contributed by atoms with E-state index in [1.807, 2.05) is 13.1 Å². The van der Waals surface area contributed by atoms with Crippen molar-refractivity contribution in [1.82, 2.24) is 15.5 Å².